The molecule has 0 aliphatic carbocycles. The van der Waals surface area contributed by atoms with Gasteiger partial charge in [0.15, 0.2) is 0 Å². The molecule has 1 saturated heterocycles. The fourth-order valence-electron chi connectivity index (χ4n) is 1.80. The molecule has 1 aromatic carbocycles. The number of phenolic OH excluding ortho intramolecular Hbond substituents is 1. The van der Waals surface area contributed by atoms with Gasteiger partial charge in [0.25, 0.3) is 0 Å². The molecule has 1 aliphatic rings. The fraction of sp³-hybridized carbons (Fsp3) is 0.400. The molecule has 0 spiro atoms. The summed E-state index contributed by atoms with van der Waals surface area (Å²) in [6.45, 7) is 1.28. The van der Waals surface area contributed by atoms with Crippen molar-refractivity contribution in [3.63, 3.8) is 0 Å². The van der Waals surface area contributed by atoms with Gasteiger partial charge in [-0.2, -0.15) is 0 Å². The van der Waals surface area contributed by atoms with Gasteiger partial charge >= 0.3 is 0 Å². The smallest absolute Gasteiger partial charge is 0.135 e. The molecule has 1 heterocycles. The Morgan fingerprint density at radius 1 is 1.43 bits per heavy atom. The van der Waals surface area contributed by atoms with Gasteiger partial charge in [-0.3, -0.25) is 0 Å². The lowest BCUT2D eigenvalue weighted by atomic mass is 9.92. The van der Waals surface area contributed by atoms with E-state index < -0.39 is 5.60 Å². The molecular weight excluding hydrogens is 246 g/mol. The van der Waals surface area contributed by atoms with Crippen molar-refractivity contribution in [2.24, 2.45) is 0 Å². The number of hydrogen-bond acceptors (Lipinski definition) is 3. The molecule has 1 unspecified atom stereocenters. The third-order valence-electron chi connectivity index (χ3n) is 2.62. The second kappa shape index (κ2) is 3.53. The van der Waals surface area contributed by atoms with E-state index in [1.807, 2.05) is 6.07 Å². The molecule has 0 bridgehead atoms. The maximum Gasteiger partial charge on any atom is 0.135 e. The Labute approximate surface area is 90.9 Å². The monoisotopic (exact) mass is 257 g/mol. The second-order valence-corrected chi connectivity index (χ2v) is 4.45. The van der Waals surface area contributed by atoms with Crippen LogP contribution in [-0.2, 0) is 5.60 Å². The highest BCUT2D eigenvalue weighted by atomic mass is 79.9. The summed E-state index contributed by atoms with van der Waals surface area (Å²) in [5.74, 6) is 0.138. The van der Waals surface area contributed by atoms with Crippen molar-refractivity contribution in [3.8, 4) is 5.75 Å². The predicted octanol–water partition coefficient (Wildman–Crippen LogP) is 1.34. The van der Waals surface area contributed by atoms with Crippen molar-refractivity contribution in [2.45, 2.75) is 12.0 Å². The third kappa shape index (κ3) is 1.54. The maximum atomic E-state index is 10.2. The van der Waals surface area contributed by atoms with Crippen molar-refractivity contribution in [1.29, 1.82) is 0 Å². The normalized spacial score (nSPS) is 26.7. The predicted molar refractivity (Wildman–Crippen MR) is 57.2 cm³/mol. The SMILES string of the molecule is Oc1c(Br)cccc1C1(O)CCNC1. The molecule has 4 heteroatoms. The zero-order chi connectivity index (χ0) is 10.2. The van der Waals surface area contributed by atoms with E-state index in [0.29, 0.717) is 23.0 Å². The Morgan fingerprint density at radius 2 is 2.21 bits per heavy atom. The summed E-state index contributed by atoms with van der Waals surface area (Å²) in [5, 5.41) is 23.1. The molecular formula is C10H12BrNO2. The van der Waals surface area contributed by atoms with Gasteiger partial charge in [-0.05, 0) is 35.0 Å². The standard InChI is InChI=1S/C10H12BrNO2/c11-8-3-1-2-7(9(8)13)10(14)4-5-12-6-10/h1-3,12-14H,4-6H2. The van der Waals surface area contributed by atoms with E-state index in [-0.39, 0.29) is 5.75 Å². The molecule has 1 atom stereocenters. The third-order valence-corrected chi connectivity index (χ3v) is 3.26. The zero-order valence-electron chi connectivity index (χ0n) is 7.63. The average molecular weight is 258 g/mol. The Kier molecular flexibility index (Phi) is 2.51. The van der Waals surface area contributed by atoms with Gasteiger partial charge in [-0.15, -0.1) is 0 Å². The molecule has 0 amide bonds. The van der Waals surface area contributed by atoms with Crippen LogP contribution in [0.25, 0.3) is 0 Å². The zero-order valence-corrected chi connectivity index (χ0v) is 9.21. The first-order valence-corrected chi connectivity index (χ1v) is 5.34. The Morgan fingerprint density at radius 3 is 2.86 bits per heavy atom. The Balaban J connectivity index is 2.45. The van der Waals surface area contributed by atoms with Crippen LogP contribution in [0.5, 0.6) is 5.75 Å². The van der Waals surface area contributed by atoms with Gasteiger partial charge < -0.3 is 15.5 Å². The number of aliphatic hydroxyl groups is 1. The summed E-state index contributed by atoms with van der Waals surface area (Å²) in [6, 6.07) is 5.33. The molecule has 0 aromatic heterocycles. The minimum absolute atomic E-state index is 0.138. The molecule has 1 aromatic rings. The molecule has 3 nitrogen and oxygen atoms in total. The van der Waals surface area contributed by atoms with Crippen LogP contribution in [0.4, 0.5) is 0 Å². The molecule has 2 rings (SSSR count). The maximum absolute atomic E-state index is 10.2. The number of para-hydroxylation sites is 1. The highest BCUT2D eigenvalue weighted by Gasteiger charge is 2.35. The summed E-state index contributed by atoms with van der Waals surface area (Å²) in [7, 11) is 0. The average Bonchev–Trinajstić information content (AvgIpc) is 2.58. The van der Waals surface area contributed by atoms with E-state index in [0.717, 1.165) is 6.54 Å². The summed E-state index contributed by atoms with van der Waals surface area (Å²) in [5.41, 5.74) is -0.328. The molecule has 14 heavy (non-hydrogen) atoms. The highest BCUT2D eigenvalue weighted by molar-refractivity contribution is 9.10. The number of rotatable bonds is 1. The van der Waals surface area contributed by atoms with Gasteiger partial charge in [-0.25, -0.2) is 0 Å². The van der Waals surface area contributed by atoms with E-state index in [4.69, 9.17) is 0 Å². The Bertz CT molecular complexity index is 348. The van der Waals surface area contributed by atoms with Gasteiger partial charge in [0.05, 0.1) is 4.47 Å². The van der Waals surface area contributed by atoms with Crippen LogP contribution in [0, 0.1) is 0 Å². The summed E-state index contributed by atoms with van der Waals surface area (Å²) >= 11 is 3.24. The fourth-order valence-corrected chi connectivity index (χ4v) is 2.17. The van der Waals surface area contributed by atoms with Crippen LogP contribution >= 0.6 is 15.9 Å². The minimum atomic E-state index is -0.923. The van der Waals surface area contributed by atoms with Gasteiger partial charge in [0.2, 0.25) is 0 Å². The van der Waals surface area contributed by atoms with Crippen LogP contribution < -0.4 is 5.32 Å². The topological polar surface area (TPSA) is 52.5 Å². The van der Waals surface area contributed by atoms with Gasteiger partial charge in [-0.1, -0.05) is 12.1 Å². The first-order chi connectivity index (χ1) is 6.63. The number of β-amino-alcohol motifs (C(OH)–C–C–N with tert-alkyl or cyclic N) is 1. The first-order valence-electron chi connectivity index (χ1n) is 4.54. The molecule has 3 N–H and O–H groups in total. The molecule has 0 radical (unpaired) electrons. The summed E-state index contributed by atoms with van der Waals surface area (Å²) in [4.78, 5) is 0. The van der Waals surface area contributed by atoms with Gasteiger partial charge in [0, 0.05) is 12.1 Å². The van der Waals surface area contributed by atoms with Gasteiger partial charge in [0.1, 0.15) is 11.4 Å². The van der Waals surface area contributed by atoms with Crippen molar-refractivity contribution in [2.75, 3.05) is 13.1 Å². The van der Waals surface area contributed by atoms with E-state index >= 15 is 0 Å². The number of hydrogen-bond donors (Lipinski definition) is 3. The van der Waals surface area contributed by atoms with Crippen molar-refractivity contribution in [1.82, 2.24) is 5.32 Å². The van der Waals surface area contributed by atoms with E-state index in [1.165, 1.54) is 0 Å². The number of benzene rings is 1. The van der Waals surface area contributed by atoms with Crippen LogP contribution in [-0.4, -0.2) is 23.3 Å². The van der Waals surface area contributed by atoms with Crippen LogP contribution in [0.3, 0.4) is 0 Å². The van der Waals surface area contributed by atoms with E-state index in [9.17, 15) is 10.2 Å². The molecule has 1 aliphatic heterocycles. The lowest BCUT2D eigenvalue weighted by Gasteiger charge is -2.23. The van der Waals surface area contributed by atoms with E-state index in [1.54, 1.807) is 12.1 Å². The molecule has 76 valence electrons. The first kappa shape index (κ1) is 9.96. The van der Waals surface area contributed by atoms with E-state index in [2.05, 4.69) is 21.2 Å². The number of aromatic hydroxyl groups is 1. The number of phenols is 1. The minimum Gasteiger partial charge on any atom is -0.506 e. The van der Waals surface area contributed by atoms with Crippen molar-refractivity contribution >= 4 is 15.9 Å². The Hall–Kier alpha value is -0.580. The lowest BCUT2D eigenvalue weighted by Crippen LogP contribution is -2.28. The highest BCUT2D eigenvalue weighted by Crippen LogP contribution is 2.37. The van der Waals surface area contributed by atoms with Crippen molar-refractivity contribution in [3.05, 3.63) is 28.2 Å². The molecule has 0 saturated carbocycles. The lowest BCUT2D eigenvalue weighted by molar-refractivity contribution is 0.0561. The van der Waals surface area contributed by atoms with Crippen LogP contribution in [0.1, 0.15) is 12.0 Å². The number of halogens is 1. The molecule has 1 fully saturated rings. The number of nitrogens with one attached hydrogen (secondary N) is 1. The van der Waals surface area contributed by atoms with Crippen LogP contribution in [0.15, 0.2) is 22.7 Å². The largest absolute Gasteiger partial charge is 0.506 e. The second-order valence-electron chi connectivity index (χ2n) is 3.59. The summed E-state index contributed by atoms with van der Waals surface area (Å²) < 4.78 is 0.621. The van der Waals surface area contributed by atoms with Crippen molar-refractivity contribution < 1.29 is 10.2 Å². The summed E-state index contributed by atoms with van der Waals surface area (Å²) in [6.07, 6.45) is 0.636. The quantitative estimate of drug-likeness (QED) is 0.712. The van der Waals surface area contributed by atoms with Crippen LogP contribution in [0.2, 0.25) is 0 Å².